The average molecular weight is 410 g/mol. The molecule has 7 heteroatoms. The Morgan fingerprint density at radius 2 is 1.77 bits per heavy atom. The van der Waals surface area contributed by atoms with Crippen LogP contribution in [-0.4, -0.2) is 37.7 Å². The van der Waals surface area contributed by atoms with Crippen molar-refractivity contribution in [1.29, 1.82) is 0 Å². The molecule has 0 atom stereocenters. The Morgan fingerprint density at radius 3 is 2.58 bits per heavy atom. The molecule has 0 spiro atoms. The van der Waals surface area contributed by atoms with Crippen LogP contribution in [0.2, 0.25) is 0 Å². The predicted octanol–water partition coefficient (Wildman–Crippen LogP) is 4.13. The maximum atomic E-state index is 5.42. The van der Waals surface area contributed by atoms with E-state index >= 15 is 0 Å². The summed E-state index contributed by atoms with van der Waals surface area (Å²) < 4.78 is 5.42. The van der Waals surface area contributed by atoms with Crippen LogP contribution in [0.1, 0.15) is 22.8 Å². The summed E-state index contributed by atoms with van der Waals surface area (Å²) in [5.41, 5.74) is 6.60. The highest BCUT2D eigenvalue weighted by Gasteiger charge is 2.15. The van der Waals surface area contributed by atoms with Crippen molar-refractivity contribution in [2.24, 2.45) is 0 Å². The van der Waals surface area contributed by atoms with E-state index < -0.39 is 0 Å². The molecule has 154 valence electrons. The number of pyridine rings is 1. The van der Waals surface area contributed by atoms with Crippen molar-refractivity contribution in [3.63, 3.8) is 0 Å². The minimum atomic E-state index is 0.698. The van der Waals surface area contributed by atoms with E-state index in [9.17, 15) is 0 Å². The summed E-state index contributed by atoms with van der Waals surface area (Å²) in [5, 5.41) is 15.3. The quantitative estimate of drug-likeness (QED) is 0.421. The minimum Gasteiger partial charge on any atom is -0.497 e. The number of fused-ring (bicyclic) bond motifs is 1. The van der Waals surface area contributed by atoms with E-state index in [1.165, 1.54) is 10.9 Å². The number of ether oxygens (including phenoxy) is 1. The molecule has 5 rings (SSSR count). The van der Waals surface area contributed by atoms with Gasteiger partial charge in [0.25, 0.3) is 0 Å². The Hall–Kier alpha value is -4.00. The van der Waals surface area contributed by atoms with Gasteiger partial charge in [-0.25, -0.2) is 0 Å². The first-order chi connectivity index (χ1) is 15.3. The topological polar surface area (TPSA) is 92.4 Å². The molecule has 5 aromatic rings. The maximum Gasteiger partial charge on any atom is 0.174 e. The lowest BCUT2D eigenvalue weighted by Gasteiger charge is -2.07. The molecular weight excluding hydrogens is 388 g/mol. The van der Waals surface area contributed by atoms with Gasteiger partial charge in [-0.3, -0.25) is 4.98 Å². The zero-order chi connectivity index (χ0) is 21.0. The molecule has 0 unspecified atom stereocenters. The van der Waals surface area contributed by atoms with Crippen LogP contribution in [0.5, 0.6) is 5.75 Å². The number of tetrazole rings is 1. The van der Waals surface area contributed by atoms with Gasteiger partial charge in [0.1, 0.15) is 5.75 Å². The number of hydrogen-bond donors (Lipinski definition) is 2. The van der Waals surface area contributed by atoms with E-state index in [2.05, 4.69) is 68.1 Å². The molecule has 0 fully saturated rings. The van der Waals surface area contributed by atoms with Crippen molar-refractivity contribution >= 4 is 10.9 Å². The Bertz CT molecular complexity index is 1290. The summed E-state index contributed by atoms with van der Waals surface area (Å²) in [6.07, 6.45) is 2.20. The number of benzene rings is 2. The average Bonchev–Trinajstić information content (AvgIpc) is 3.46. The minimum absolute atomic E-state index is 0.698. The first-order valence-corrected chi connectivity index (χ1v) is 10.2. The normalized spacial score (nSPS) is 11.1. The van der Waals surface area contributed by atoms with Gasteiger partial charge in [-0.05, 0) is 41.8 Å². The number of nitrogens with one attached hydrogen (secondary N) is 2. The van der Waals surface area contributed by atoms with Crippen molar-refractivity contribution in [1.82, 2.24) is 30.6 Å². The summed E-state index contributed by atoms with van der Waals surface area (Å²) in [7, 11) is 1.69. The highest BCUT2D eigenvalue weighted by atomic mass is 16.5. The number of aryl methyl sites for hydroxylation is 2. The molecular formula is C24H22N6O. The van der Waals surface area contributed by atoms with Crippen molar-refractivity contribution in [2.45, 2.75) is 19.3 Å². The Labute approximate surface area is 179 Å². The van der Waals surface area contributed by atoms with E-state index in [0.29, 0.717) is 12.2 Å². The van der Waals surface area contributed by atoms with Crippen LogP contribution in [0, 0.1) is 0 Å². The van der Waals surface area contributed by atoms with E-state index in [-0.39, 0.29) is 0 Å². The van der Waals surface area contributed by atoms with Crippen LogP contribution >= 0.6 is 0 Å². The Kier molecular flexibility index (Phi) is 5.14. The smallest absolute Gasteiger partial charge is 0.174 e. The molecule has 0 aliphatic heterocycles. The summed E-state index contributed by atoms with van der Waals surface area (Å²) in [6.45, 7) is 0. The van der Waals surface area contributed by atoms with E-state index in [4.69, 9.17) is 9.72 Å². The van der Waals surface area contributed by atoms with Crippen LogP contribution in [0.15, 0.2) is 66.7 Å². The highest BCUT2D eigenvalue weighted by Crippen LogP contribution is 2.33. The zero-order valence-corrected chi connectivity index (χ0v) is 17.2. The van der Waals surface area contributed by atoms with Gasteiger partial charge >= 0.3 is 0 Å². The van der Waals surface area contributed by atoms with E-state index in [0.717, 1.165) is 46.8 Å². The lowest BCUT2D eigenvalue weighted by atomic mass is 10.0. The molecule has 0 saturated carbocycles. The number of nitrogens with zero attached hydrogens (tertiary/aromatic N) is 4. The molecule has 0 aliphatic rings. The number of hydrogen-bond acceptors (Lipinski definition) is 5. The molecule has 2 N–H and O–H groups in total. The third-order valence-electron chi connectivity index (χ3n) is 5.39. The van der Waals surface area contributed by atoms with Crippen molar-refractivity contribution in [3.8, 4) is 17.0 Å². The summed E-state index contributed by atoms with van der Waals surface area (Å²) in [5.74, 6) is 1.53. The van der Waals surface area contributed by atoms with Gasteiger partial charge in [-0.15, -0.1) is 10.2 Å². The number of rotatable bonds is 7. The lowest BCUT2D eigenvalue weighted by molar-refractivity contribution is 0.415. The molecule has 0 radical (unpaired) electrons. The van der Waals surface area contributed by atoms with Gasteiger partial charge in [0.05, 0.1) is 12.8 Å². The van der Waals surface area contributed by atoms with Crippen molar-refractivity contribution in [2.75, 3.05) is 7.11 Å². The number of methoxy groups -OCH3 is 1. The van der Waals surface area contributed by atoms with Gasteiger partial charge in [-0.1, -0.05) is 41.6 Å². The van der Waals surface area contributed by atoms with Crippen LogP contribution in [0.25, 0.3) is 22.2 Å². The first-order valence-electron chi connectivity index (χ1n) is 10.2. The first kappa shape index (κ1) is 19.0. The van der Waals surface area contributed by atoms with Crippen LogP contribution in [0.4, 0.5) is 0 Å². The number of aromatic amines is 2. The molecule has 0 aliphatic carbocycles. The summed E-state index contributed by atoms with van der Waals surface area (Å²) >= 11 is 0. The van der Waals surface area contributed by atoms with Gasteiger partial charge in [0, 0.05) is 41.2 Å². The standard InChI is InChI=1S/C24H22N6O/c1-31-19-11-12-20-21(24(26-22(20)15-19)16-6-3-2-4-7-16)14-18-9-5-8-17(25-18)10-13-23-27-29-30-28-23/h2-9,11-12,15,26H,10,13-14H2,1H3,(H,27,28,29,30). The van der Waals surface area contributed by atoms with Gasteiger partial charge in [-0.2, -0.15) is 5.21 Å². The fraction of sp³-hybridized carbons (Fsp3) is 0.167. The molecule has 2 aromatic carbocycles. The molecule has 3 aromatic heterocycles. The molecule has 0 saturated heterocycles. The predicted molar refractivity (Wildman–Crippen MR) is 119 cm³/mol. The second-order valence-electron chi connectivity index (χ2n) is 7.38. The van der Waals surface area contributed by atoms with Crippen molar-refractivity contribution < 1.29 is 4.74 Å². The fourth-order valence-corrected chi connectivity index (χ4v) is 3.87. The Balaban J connectivity index is 1.50. The second-order valence-corrected chi connectivity index (χ2v) is 7.38. The molecule has 3 heterocycles. The van der Waals surface area contributed by atoms with Crippen LogP contribution < -0.4 is 4.74 Å². The molecule has 7 nitrogen and oxygen atoms in total. The second kappa shape index (κ2) is 8.39. The van der Waals surface area contributed by atoms with Crippen LogP contribution in [-0.2, 0) is 19.3 Å². The number of aromatic nitrogens is 6. The monoisotopic (exact) mass is 410 g/mol. The SMILES string of the molecule is COc1ccc2c(Cc3cccc(CCc4nn[nH]n4)n3)c(-c3ccccc3)[nH]c2c1. The molecule has 0 bridgehead atoms. The third-order valence-corrected chi connectivity index (χ3v) is 5.39. The van der Waals surface area contributed by atoms with Crippen molar-refractivity contribution in [3.05, 3.63) is 89.5 Å². The largest absolute Gasteiger partial charge is 0.497 e. The molecule has 0 amide bonds. The summed E-state index contributed by atoms with van der Waals surface area (Å²) in [4.78, 5) is 8.50. The maximum absolute atomic E-state index is 5.42. The van der Waals surface area contributed by atoms with Gasteiger partial charge < -0.3 is 9.72 Å². The van der Waals surface area contributed by atoms with E-state index in [1.54, 1.807) is 7.11 Å². The highest BCUT2D eigenvalue weighted by molar-refractivity contribution is 5.92. The zero-order valence-electron chi connectivity index (χ0n) is 17.2. The Morgan fingerprint density at radius 1 is 0.903 bits per heavy atom. The van der Waals surface area contributed by atoms with Gasteiger partial charge in [0.15, 0.2) is 5.82 Å². The third kappa shape index (κ3) is 4.02. The summed E-state index contributed by atoms with van der Waals surface area (Å²) in [6, 6.07) is 22.7. The van der Waals surface area contributed by atoms with Crippen LogP contribution in [0.3, 0.4) is 0 Å². The number of H-pyrrole nitrogens is 2. The lowest BCUT2D eigenvalue weighted by Crippen LogP contribution is -2.00. The fourth-order valence-electron chi connectivity index (χ4n) is 3.87. The van der Waals surface area contributed by atoms with E-state index in [1.807, 2.05) is 24.3 Å². The van der Waals surface area contributed by atoms with Gasteiger partial charge in [0.2, 0.25) is 0 Å². The molecule has 31 heavy (non-hydrogen) atoms.